The zero-order valence-electron chi connectivity index (χ0n) is 18.0. The lowest BCUT2D eigenvalue weighted by molar-refractivity contribution is -0.137. The highest BCUT2D eigenvalue weighted by atomic mass is 19.4. The third-order valence-electron chi connectivity index (χ3n) is 4.68. The van der Waals surface area contributed by atoms with E-state index >= 15 is 0 Å². The Morgan fingerprint density at radius 3 is 2.16 bits per heavy atom. The number of nitrogens with one attached hydrogen (secondary N) is 1. The summed E-state index contributed by atoms with van der Waals surface area (Å²) in [5, 5.41) is 2.62. The normalized spacial score (nSPS) is 11.2. The number of hydrogen-bond donors (Lipinski definition) is 1. The summed E-state index contributed by atoms with van der Waals surface area (Å²) in [6.45, 7) is 6.47. The molecule has 1 N–H and O–H groups in total. The first-order chi connectivity index (χ1) is 15.2. The van der Waals surface area contributed by atoms with Crippen LogP contribution < -0.4 is 14.8 Å². The summed E-state index contributed by atoms with van der Waals surface area (Å²) >= 11 is 0. The van der Waals surface area contributed by atoms with Crippen molar-refractivity contribution in [2.45, 2.75) is 33.6 Å². The van der Waals surface area contributed by atoms with Crippen LogP contribution in [0.2, 0.25) is 0 Å². The van der Waals surface area contributed by atoms with E-state index in [0.29, 0.717) is 29.2 Å². The second-order valence-electron chi connectivity index (χ2n) is 7.40. The molecule has 3 aromatic rings. The molecule has 0 radical (unpaired) electrons. The van der Waals surface area contributed by atoms with Gasteiger partial charge in [-0.1, -0.05) is 6.07 Å². The van der Waals surface area contributed by atoms with E-state index in [1.807, 2.05) is 39.0 Å². The SMILES string of the molecule is CCOc1ccc(C(=O)Nc2ccc(C(F)(F)F)cc2)cc1COc1cc(C)cc(C)c1. The quantitative estimate of drug-likeness (QED) is 0.450. The van der Waals surface area contributed by atoms with Crippen molar-refractivity contribution in [2.75, 3.05) is 11.9 Å². The third kappa shape index (κ3) is 6.03. The van der Waals surface area contributed by atoms with Crippen LogP contribution in [-0.4, -0.2) is 12.5 Å². The summed E-state index contributed by atoms with van der Waals surface area (Å²) in [5.41, 5.74) is 2.68. The molecule has 7 heteroatoms. The molecule has 0 aliphatic rings. The van der Waals surface area contributed by atoms with E-state index in [2.05, 4.69) is 5.32 Å². The molecule has 0 saturated carbocycles. The van der Waals surface area contributed by atoms with Crippen LogP contribution in [0.25, 0.3) is 0 Å². The average Bonchev–Trinajstić information content (AvgIpc) is 2.72. The Kier molecular flexibility index (Phi) is 7.08. The number of halogens is 3. The molecule has 0 spiro atoms. The van der Waals surface area contributed by atoms with Gasteiger partial charge in [-0.3, -0.25) is 4.79 Å². The number of rotatable bonds is 7. The number of anilines is 1. The Morgan fingerprint density at radius 1 is 0.906 bits per heavy atom. The Bertz CT molecular complexity index is 1070. The van der Waals surface area contributed by atoms with E-state index in [0.717, 1.165) is 23.3 Å². The van der Waals surface area contributed by atoms with Gasteiger partial charge in [0.05, 0.1) is 12.2 Å². The van der Waals surface area contributed by atoms with Crippen molar-refractivity contribution in [3.05, 3.63) is 88.5 Å². The van der Waals surface area contributed by atoms with Gasteiger partial charge in [-0.05, 0) is 86.5 Å². The maximum atomic E-state index is 12.7. The fourth-order valence-electron chi connectivity index (χ4n) is 3.25. The molecular weight excluding hydrogens is 419 g/mol. The van der Waals surface area contributed by atoms with Crippen molar-refractivity contribution < 1.29 is 27.4 Å². The molecule has 0 saturated heterocycles. The summed E-state index contributed by atoms with van der Waals surface area (Å²) in [4.78, 5) is 12.7. The molecule has 3 aromatic carbocycles. The summed E-state index contributed by atoms with van der Waals surface area (Å²) in [7, 11) is 0. The van der Waals surface area contributed by atoms with Crippen LogP contribution in [0.15, 0.2) is 60.7 Å². The Morgan fingerprint density at radius 2 is 1.56 bits per heavy atom. The molecule has 4 nitrogen and oxygen atoms in total. The van der Waals surface area contributed by atoms with Crippen molar-refractivity contribution >= 4 is 11.6 Å². The zero-order chi connectivity index (χ0) is 23.3. The van der Waals surface area contributed by atoms with Gasteiger partial charge in [-0.2, -0.15) is 13.2 Å². The predicted octanol–water partition coefficient (Wildman–Crippen LogP) is 6.55. The molecule has 1 amide bonds. The summed E-state index contributed by atoms with van der Waals surface area (Å²) in [5.74, 6) is 0.868. The van der Waals surface area contributed by atoms with Crippen LogP contribution in [0.4, 0.5) is 18.9 Å². The van der Waals surface area contributed by atoms with Gasteiger partial charge in [0.1, 0.15) is 18.1 Å². The molecule has 0 aliphatic heterocycles. The van der Waals surface area contributed by atoms with Gasteiger partial charge in [0.15, 0.2) is 0 Å². The molecule has 3 rings (SSSR count). The first-order valence-corrected chi connectivity index (χ1v) is 10.1. The fraction of sp³-hybridized carbons (Fsp3) is 0.240. The number of hydrogen-bond acceptors (Lipinski definition) is 3. The summed E-state index contributed by atoms with van der Waals surface area (Å²) in [6, 6.07) is 15.1. The van der Waals surface area contributed by atoms with Gasteiger partial charge in [0.2, 0.25) is 0 Å². The topological polar surface area (TPSA) is 47.6 Å². The molecule has 0 aliphatic carbocycles. The maximum Gasteiger partial charge on any atom is 0.416 e. The van der Waals surface area contributed by atoms with E-state index < -0.39 is 17.6 Å². The van der Waals surface area contributed by atoms with E-state index in [9.17, 15) is 18.0 Å². The van der Waals surface area contributed by atoms with Gasteiger partial charge in [-0.25, -0.2) is 0 Å². The fourth-order valence-corrected chi connectivity index (χ4v) is 3.25. The number of carbonyl (C=O) groups is 1. The minimum Gasteiger partial charge on any atom is -0.493 e. The summed E-state index contributed by atoms with van der Waals surface area (Å²) in [6.07, 6.45) is -4.43. The average molecular weight is 443 g/mol. The molecule has 0 atom stereocenters. The highest BCUT2D eigenvalue weighted by molar-refractivity contribution is 6.04. The minimum atomic E-state index is -4.43. The van der Waals surface area contributed by atoms with Crippen LogP contribution in [-0.2, 0) is 12.8 Å². The van der Waals surface area contributed by atoms with Crippen LogP contribution in [0.3, 0.4) is 0 Å². The van der Waals surface area contributed by atoms with E-state index in [1.165, 1.54) is 12.1 Å². The monoisotopic (exact) mass is 443 g/mol. The lowest BCUT2D eigenvalue weighted by atomic mass is 10.1. The number of amides is 1. The lowest BCUT2D eigenvalue weighted by Gasteiger charge is -2.14. The standard InChI is InChI=1S/C25H24F3NO3/c1-4-31-23-10-5-18(14-19(23)15-32-22-12-16(2)11-17(3)13-22)24(30)29-21-8-6-20(7-9-21)25(26,27)28/h5-14H,4,15H2,1-3H3,(H,29,30). The second-order valence-corrected chi connectivity index (χ2v) is 7.40. The van der Waals surface area contributed by atoms with Gasteiger partial charge >= 0.3 is 6.18 Å². The highest BCUT2D eigenvalue weighted by Crippen LogP contribution is 2.30. The molecule has 0 bridgehead atoms. The predicted molar refractivity (Wildman–Crippen MR) is 117 cm³/mol. The van der Waals surface area contributed by atoms with Crippen LogP contribution in [0, 0.1) is 13.8 Å². The largest absolute Gasteiger partial charge is 0.493 e. The van der Waals surface area contributed by atoms with Crippen molar-refractivity contribution in [3.63, 3.8) is 0 Å². The van der Waals surface area contributed by atoms with Gasteiger partial charge < -0.3 is 14.8 Å². The van der Waals surface area contributed by atoms with Gasteiger partial charge in [-0.15, -0.1) is 0 Å². The maximum absolute atomic E-state index is 12.7. The lowest BCUT2D eigenvalue weighted by Crippen LogP contribution is -2.13. The Balaban J connectivity index is 1.77. The van der Waals surface area contributed by atoms with E-state index in [4.69, 9.17) is 9.47 Å². The molecule has 0 fully saturated rings. The van der Waals surface area contributed by atoms with Crippen LogP contribution in [0.1, 0.15) is 39.5 Å². The van der Waals surface area contributed by atoms with Crippen LogP contribution in [0.5, 0.6) is 11.5 Å². The molecule has 32 heavy (non-hydrogen) atoms. The van der Waals surface area contributed by atoms with E-state index in [-0.39, 0.29) is 12.3 Å². The second kappa shape index (κ2) is 9.77. The highest BCUT2D eigenvalue weighted by Gasteiger charge is 2.30. The first-order valence-electron chi connectivity index (χ1n) is 10.1. The van der Waals surface area contributed by atoms with Crippen molar-refractivity contribution in [1.82, 2.24) is 0 Å². The Labute approximate surface area is 185 Å². The van der Waals surface area contributed by atoms with Gasteiger partial charge in [0.25, 0.3) is 5.91 Å². The molecule has 0 unspecified atom stereocenters. The summed E-state index contributed by atoms with van der Waals surface area (Å²) < 4.78 is 49.7. The van der Waals surface area contributed by atoms with Gasteiger partial charge in [0, 0.05) is 16.8 Å². The molecule has 0 heterocycles. The molecule has 0 aromatic heterocycles. The molecular formula is C25H24F3NO3. The Hall–Kier alpha value is -3.48. The number of carbonyl (C=O) groups excluding carboxylic acids is 1. The van der Waals surface area contributed by atoms with Crippen molar-refractivity contribution in [3.8, 4) is 11.5 Å². The van der Waals surface area contributed by atoms with E-state index in [1.54, 1.807) is 18.2 Å². The number of benzene rings is 3. The smallest absolute Gasteiger partial charge is 0.416 e. The number of aryl methyl sites for hydroxylation is 2. The van der Waals surface area contributed by atoms with Crippen LogP contribution >= 0.6 is 0 Å². The number of ether oxygens (including phenoxy) is 2. The minimum absolute atomic E-state index is 0.194. The van der Waals surface area contributed by atoms with Crippen molar-refractivity contribution in [1.29, 1.82) is 0 Å². The first kappa shape index (κ1) is 23.2. The zero-order valence-corrected chi connectivity index (χ0v) is 18.0. The molecule has 168 valence electrons. The third-order valence-corrected chi connectivity index (χ3v) is 4.68. The number of alkyl halides is 3. The van der Waals surface area contributed by atoms with Crippen molar-refractivity contribution in [2.24, 2.45) is 0 Å².